The zero-order valence-electron chi connectivity index (χ0n) is 25.8. The summed E-state index contributed by atoms with van der Waals surface area (Å²) in [6.07, 6.45) is 0. The van der Waals surface area contributed by atoms with Gasteiger partial charge in [-0.3, -0.25) is 0 Å². The number of aromatic nitrogens is 3. The summed E-state index contributed by atoms with van der Waals surface area (Å²) in [5.41, 5.74) is 12.7. The van der Waals surface area contributed by atoms with E-state index in [-0.39, 0.29) is 0 Å². The Hall–Kier alpha value is -6.70. The zero-order chi connectivity index (χ0) is 32.0. The van der Waals surface area contributed by atoms with Gasteiger partial charge in [0.15, 0.2) is 17.5 Å². The van der Waals surface area contributed by atoms with Gasteiger partial charge in [-0.1, -0.05) is 133 Å². The lowest BCUT2D eigenvalue weighted by Crippen LogP contribution is -2.01. The van der Waals surface area contributed by atoms with Gasteiger partial charge in [0.1, 0.15) is 0 Å². The van der Waals surface area contributed by atoms with Crippen LogP contribution in [0.5, 0.6) is 0 Å². The van der Waals surface area contributed by atoms with Gasteiger partial charge >= 0.3 is 0 Å². The Bertz CT molecular complexity index is 2460. The lowest BCUT2D eigenvalue weighted by atomic mass is 9.89. The van der Waals surface area contributed by atoms with E-state index in [9.17, 15) is 5.26 Å². The average Bonchev–Trinajstić information content (AvgIpc) is 3.50. The van der Waals surface area contributed by atoms with E-state index in [0.717, 1.165) is 44.3 Å². The van der Waals surface area contributed by atoms with Crippen LogP contribution in [0.1, 0.15) is 5.56 Å². The maximum absolute atomic E-state index is 9.33. The summed E-state index contributed by atoms with van der Waals surface area (Å²) in [7, 11) is 0. The van der Waals surface area contributed by atoms with Gasteiger partial charge in [0.2, 0.25) is 0 Å². The first-order valence-corrected chi connectivity index (χ1v) is 15.9. The van der Waals surface area contributed by atoms with Crippen molar-refractivity contribution < 1.29 is 0 Å². The Kier molecular flexibility index (Phi) is 6.48. The normalized spacial score (nSPS) is 11.3. The molecule has 0 aliphatic heterocycles. The molecule has 48 heavy (non-hydrogen) atoms. The maximum Gasteiger partial charge on any atom is 0.164 e. The fourth-order valence-electron chi connectivity index (χ4n) is 6.86. The highest BCUT2D eigenvalue weighted by Gasteiger charge is 2.26. The van der Waals surface area contributed by atoms with E-state index < -0.39 is 0 Å². The molecular formula is C44H26N4. The number of rotatable bonds is 5. The molecule has 0 amide bonds. The summed E-state index contributed by atoms with van der Waals surface area (Å²) in [5, 5.41) is 11.6. The molecule has 1 aliphatic carbocycles. The molecule has 4 heteroatoms. The predicted octanol–water partition coefficient (Wildman–Crippen LogP) is 10.9. The molecule has 0 unspecified atom stereocenters. The number of hydrogen-bond acceptors (Lipinski definition) is 4. The molecule has 9 rings (SSSR count). The molecule has 1 heterocycles. The molecule has 0 saturated heterocycles. The van der Waals surface area contributed by atoms with Crippen LogP contribution in [-0.2, 0) is 0 Å². The lowest BCUT2D eigenvalue weighted by molar-refractivity contribution is 1.08. The van der Waals surface area contributed by atoms with E-state index >= 15 is 0 Å². The standard InChI is InChI=1S/C44H26N4/c45-27-28-18-20-29(21-19-28)32-14-9-15-33(26-32)34-22-23-37-35-16-7-8-17-36(35)38-24-25-39(40(34)41(37)38)44-47-42(30-10-3-1-4-11-30)46-43(48-44)31-12-5-2-6-13-31/h1-26H. The Morgan fingerprint density at radius 2 is 0.812 bits per heavy atom. The second-order valence-corrected chi connectivity index (χ2v) is 11.9. The summed E-state index contributed by atoms with van der Waals surface area (Å²) in [4.78, 5) is 15.2. The smallest absolute Gasteiger partial charge is 0.164 e. The van der Waals surface area contributed by atoms with E-state index in [4.69, 9.17) is 15.0 Å². The van der Waals surface area contributed by atoms with E-state index in [2.05, 4.69) is 78.9 Å². The van der Waals surface area contributed by atoms with E-state index in [0.29, 0.717) is 23.0 Å². The van der Waals surface area contributed by atoms with Gasteiger partial charge in [0, 0.05) is 22.1 Å². The molecule has 0 N–H and O–H groups in total. The third-order valence-corrected chi connectivity index (χ3v) is 9.13. The Labute approximate surface area is 278 Å². The fourth-order valence-corrected chi connectivity index (χ4v) is 6.86. The minimum Gasteiger partial charge on any atom is -0.208 e. The molecular weight excluding hydrogens is 585 g/mol. The topological polar surface area (TPSA) is 62.5 Å². The molecule has 222 valence electrons. The molecule has 0 radical (unpaired) electrons. The molecule has 0 fully saturated rings. The highest BCUT2D eigenvalue weighted by molar-refractivity contribution is 6.22. The Balaban J connectivity index is 1.32. The first-order valence-electron chi connectivity index (χ1n) is 15.9. The molecule has 0 bridgehead atoms. The van der Waals surface area contributed by atoms with Crippen molar-refractivity contribution in [3.63, 3.8) is 0 Å². The number of nitriles is 1. The van der Waals surface area contributed by atoms with Gasteiger partial charge in [0.05, 0.1) is 11.6 Å². The second-order valence-electron chi connectivity index (χ2n) is 11.9. The van der Waals surface area contributed by atoms with Crippen LogP contribution in [0.2, 0.25) is 0 Å². The number of benzene rings is 7. The van der Waals surface area contributed by atoms with E-state index in [1.54, 1.807) is 0 Å². The van der Waals surface area contributed by atoms with Crippen LogP contribution >= 0.6 is 0 Å². The molecule has 0 spiro atoms. The summed E-state index contributed by atoms with van der Waals surface area (Å²) in [5.74, 6) is 1.90. The van der Waals surface area contributed by atoms with Crippen LogP contribution in [0.25, 0.3) is 89.4 Å². The van der Waals surface area contributed by atoms with Gasteiger partial charge in [0.25, 0.3) is 0 Å². The Morgan fingerprint density at radius 1 is 0.333 bits per heavy atom. The van der Waals surface area contributed by atoms with Crippen LogP contribution < -0.4 is 0 Å². The van der Waals surface area contributed by atoms with Crippen molar-refractivity contribution in [1.82, 2.24) is 15.0 Å². The molecule has 0 atom stereocenters. The summed E-state index contributed by atoms with van der Waals surface area (Å²) < 4.78 is 0. The summed E-state index contributed by atoms with van der Waals surface area (Å²) in [6, 6.07) is 56.3. The molecule has 4 nitrogen and oxygen atoms in total. The first kappa shape index (κ1) is 27.6. The van der Waals surface area contributed by atoms with Gasteiger partial charge < -0.3 is 0 Å². The highest BCUT2D eigenvalue weighted by atomic mass is 15.0. The van der Waals surface area contributed by atoms with Crippen LogP contribution in [0.15, 0.2) is 158 Å². The Morgan fingerprint density at radius 3 is 1.42 bits per heavy atom. The average molecular weight is 611 g/mol. The van der Waals surface area contributed by atoms with Crippen molar-refractivity contribution in [1.29, 1.82) is 5.26 Å². The molecule has 0 saturated carbocycles. The summed E-state index contributed by atoms with van der Waals surface area (Å²) in [6.45, 7) is 0. The maximum atomic E-state index is 9.33. The largest absolute Gasteiger partial charge is 0.208 e. The predicted molar refractivity (Wildman–Crippen MR) is 194 cm³/mol. The van der Waals surface area contributed by atoms with Crippen molar-refractivity contribution in [2.45, 2.75) is 0 Å². The zero-order valence-corrected chi connectivity index (χ0v) is 25.8. The van der Waals surface area contributed by atoms with Gasteiger partial charge in [-0.15, -0.1) is 0 Å². The minimum absolute atomic E-state index is 0.631. The molecule has 1 aromatic heterocycles. The molecule has 8 aromatic rings. The lowest BCUT2D eigenvalue weighted by Gasteiger charge is -2.16. The minimum atomic E-state index is 0.631. The van der Waals surface area contributed by atoms with Gasteiger partial charge in [-0.25, -0.2) is 15.0 Å². The first-order chi connectivity index (χ1) is 23.7. The third kappa shape index (κ3) is 4.57. The van der Waals surface area contributed by atoms with E-state index in [1.807, 2.05) is 84.9 Å². The number of fused-ring (bicyclic) bond motifs is 3. The van der Waals surface area contributed by atoms with Crippen molar-refractivity contribution in [3.8, 4) is 84.7 Å². The third-order valence-electron chi connectivity index (χ3n) is 9.13. The van der Waals surface area contributed by atoms with Crippen LogP contribution in [0.4, 0.5) is 0 Å². The van der Waals surface area contributed by atoms with Crippen molar-refractivity contribution in [2.75, 3.05) is 0 Å². The van der Waals surface area contributed by atoms with Crippen molar-refractivity contribution >= 4 is 10.8 Å². The van der Waals surface area contributed by atoms with Gasteiger partial charge in [-0.2, -0.15) is 5.26 Å². The van der Waals surface area contributed by atoms with E-state index in [1.165, 1.54) is 27.6 Å². The highest BCUT2D eigenvalue weighted by Crippen LogP contribution is 2.51. The second kappa shape index (κ2) is 11.3. The summed E-state index contributed by atoms with van der Waals surface area (Å²) >= 11 is 0. The van der Waals surface area contributed by atoms with Crippen LogP contribution in [0, 0.1) is 11.3 Å². The number of nitrogens with zero attached hydrogens (tertiary/aromatic N) is 4. The molecule has 1 aliphatic rings. The monoisotopic (exact) mass is 610 g/mol. The fraction of sp³-hybridized carbons (Fsp3) is 0. The number of hydrogen-bond donors (Lipinski definition) is 0. The van der Waals surface area contributed by atoms with Crippen LogP contribution in [-0.4, -0.2) is 15.0 Å². The van der Waals surface area contributed by atoms with Crippen molar-refractivity contribution in [2.24, 2.45) is 0 Å². The molecule has 7 aromatic carbocycles. The SMILES string of the molecule is N#Cc1ccc(-c2cccc(-c3ccc4c5c(ccc(-c6nc(-c7ccccc7)nc(-c7ccccc7)n6)c35)-c3ccccc3-4)c2)cc1. The van der Waals surface area contributed by atoms with Gasteiger partial charge in [-0.05, 0) is 74.2 Å². The van der Waals surface area contributed by atoms with Crippen molar-refractivity contribution in [3.05, 3.63) is 163 Å². The quantitative estimate of drug-likeness (QED) is 0.194. The van der Waals surface area contributed by atoms with Crippen LogP contribution in [0.3, 0.4) is 0 Å².